The number of methoxy groups -OCH3 is 1. The van der Waals surface area contributed by atoms with E-state index in [0.717, 1.165) is 10.0 Å². The van der Waals surface area contributed by atoms with Gasteiger partial charge in [0.25, 0.3) is 0 Å². The maximum Gasteiger partial charge on any atom is 0.246 e. The zero-order valence-corrected chi connectivity index (χ0v) is 17.7. The molecule has 0 spiro atoms. The van der Waals surface area contributed by atoms with Crippen molar-refractivity contribution in [2.45, 2.75) is 11.4 Å². The summed E-state index contributed by atoms with van der Waals surface area (Å²) in [5, 5.41) is 0. The van der Waals surface area contributed by atoms with Crippen LogP contribution in [0.15, 0.2) is 57.9 Å². The molecule has 0 bridgehead atoms. The van der Waals surface area contributed by atoms with E-state index in [4.69, 9.17) is 4.74 Å². The Hall–Kier alpha value is -2.16. The second-order valence-corrected chi connectivity index (χ2v) is 8.45. The third-order valence-corrected chi connectivity index (χ3v) is 6.12. The first kappa shape index (κ1) is 21.1. The van der Waals surface area contributed by atoms with E-state index in [9.17, 15) is 13.2 Å². The molecule has 0 unspecified atom stereocenters. The van der Waals surface area contributed by atoms with Gasteiger partial charge in [0.1, 0.15) is 10.6 Å². The average molecular weight is 453 g/mol. The van der Waals surface area contributed by atoms with Gasteiger partial charge in [0, 0.05) is 24.1 Å². The third-order valence-electron chi connectivity index (χ3n) is 3.91. The molecule has 0 saturated carbocycles. The smallest absolute Gasteiger partial charge is 0.246 e. The highest BCUT2D eigenvalue weighted by Gasteiger charge is 2.17. The number of amides is 1. The lowest BCUT2D eigenvalue weighted by atomic mass is 10.2. The first-order valence-electron chi connectivity index (χ1n) is 8.06. The van der Waals surface area contributed by atoms with E-state index in [1.807, 2.05) is 24.3 Å². The van der Waals surface area contributed by atoms with E-state index >= 15 is 0 Å². The van der Waals surface area contributed by atoms with Gasteiger partial charge in [-0.25, -0.2) is 13.1 Å². The van der Waals surface area contributed by atoms with E-state index in [-0.39, 0.29) is 16.6 Å². The summed E-state index contributed by atoms with van der Waals surface area (Å²) in [6.07, 6.45) is 2.99. The molecule has 1 amide bonds. The van der Waals surface area contributed by atoms with Gasteiger partial charge in [0.15, 0.2) is 0 Å². The van der Waals surface area contributed by atoms with E-state index in [1.165, 1.54) is 26.3 Å². The minimum Gasteiger partial charge on any atom is -0.495 e. The Balaban J connectivity index is 2.18. The van der Waals surface area contributed by atoms with Gasteiger partial charge in [-0.05, 0) is 42.4 Å². The Morgan fingerprint density at radius 3 is 2.59 bits per heavy atom. The second kappa shape index (κ2) is 9.16. The largest absolute Gasteiger partial charge is 0.495 e. The number of likely N-dealkylation sites (N-methyl/N-ethyl adjacent to an activating group) is 1. The van der Waals surface area contributed by atoms with Crippen LogP contribution in [0.5, 0.6) is 5.75 Å². The van der Waals surface area contributed by atoms with Crippen molar-refractivity contribution < 1.29 is 17.9 Å². The minimum atomic E-state index is -3.67. The van der Waals surface area contributed by atoms with Gasteiger partial charge in [0.05, 0.1) is 7.11 Å². The van der Waals surface area contributed by atoms with Gasteiger partial charge >= 0.3 is 0 Å². The van der Waals surface area contributed by atoms with Crippen LogP contribution in [-0.2, 0) is 21.4 Å². The molecule has 0 heterocycles. The molecule has 0 fully saturated rings. The molecule has 0 radical (unpaired) electrons. The highest BCUT2D eigenvalue weighted by atomic mass is 79.9. The van der Waals surface area contributed by atoms with Crippen LogP contribution in [0.4, 0.5) is 0 Å². The molecule has 2 aromatic rings. The first-order chi connectivity index (χ1) is 12.8. The number of rotatable bonds is 7. The van der Waals surface area contributed by atoms with Crippen LogP contribution in [0.3, 0.4) is 0 Å². The fourth-order valence-corrected chi connectivity index (χ4v) is 3.71. The van der Waals surface area contributed by atoms with Crippen LogP contribution in [0.25, 0.3) is 6.08 Å². The highest BCUT2D eigenvalue weighted by molar-refractivity contribution is 9.10. The number of hydrogen-bond donors (Lipinski definition) is 1. The Morgan fingerprint density at radius 2 is 1.96 bits per heavy atom. The van der Waals surface area contributed by atoms with Crippen molar-refractivity contribution in [1.29, 1.82) is 0 Å². The quantitative estimate of drug-likeness (QED) is 0.654. The van der Waals surface area contributed by atoms with Gasteiger partial charge < -0.3 is 9.64 Å². The minimum absolute atomic E-state index is 0.0173. The maximum atomic E-state index is 12.4. The summed E-state index contributed by atoms with van der Waals surface area (Å²) in [7, 11) is 0.765. The number of nitrogens with zero attached hydrogens (tertiary/aromatic N) is 1. The molecule has 0 atom stereocenters. The molecule has 0 saturated heterocycles. The lowest BCUT2D eigenvalue weighted by Gasteiger charge is -2.16. The highest BCUT2D eigenvalue weighted by Crippen LogP contribution is 2.25. The summed E-state index contributed by atoms with van der Waals surface area (Å²) < 4.78 is 32.5. The topological polar surface area (TPSA) is 75.7 Å². The fraction of sp³-hybridized carbons (Fsp3) is 0.211. The van der Waals surface area contributed by atoms with Crippen molar-refractivity contribution in [1.82, 2.24) is 9.62 Å². The van der Waals surface area contributed by atoms with Gasteiger partial charge in [-0.1, -0.05) is 40.2 Å². The van der Waals surface area contributed by atoms with E-state index in [1.54, 1.807) is 30.2 Å². The fourth-order valence-electron chi connectivity index (χ4n) is 2.37. The number of benzene rings is 2. The summed E-state index contributed by atoms with van der Waals surface area (Å²) in [6, 6.07) is 12.4. The molecule has 1 N–H and O–H groups in total. The Kier molecular flexibility index (Phi) is 7.18. The van der Waals surface area contributed by atoms with Crippen LogP contribution in [0.1, 0.15) is 11.1 Å². The van der Waals surface area contributed by atoms with Crippen molar-refractivity contribution in [3.8, 4) is 5.75 Å². The summed E-state index contributed by atoms with van der Waals surface area (Å²) in [4.78, 5) is 14.0. The van der Waals surface area contributed by atoms with Gasteiger partial charge in [-0.2, -0.15) is 0 Å². The number of halogens is 1. The van der Waals surface area contributed by atoms with Crippen LogP contribution in [0.2, 0.25) is 0 Å². The second-order valence-electron chi connectivity index (χ2n) is 5.74. The van der Waals surface area contributed by atoms with Crippen LogP contribution >= 0.6 is 15.9 Å². The summed E-state index contributed by atoms with van der Waals surface area (Å²) in [6.45, 7) is 0.451. The van der Waals surface area contributed by atoms with Crippen molar-refractivity contribution in [2.75, 3.05) is 21.2 Å². The zero-order valence-electron chi connectivity index (χ0n) is 15.3. The molecule has 27 heavy (non-hydrogen) atoms. The number of hydrogen-bond acceptors (Lipinski definition) is 4. The maximum absolute atomic E-state index is 12.4. The molecule has 144 valence electrons. The molecule has 2 aromatic carbocycles. The van der Waals surface area contributed by atoms with E-state index in [2.05, 4.69) is 20.7 Å². The molecule has 2 rings (SSSR count). The zero-order chi connectivity index (χ0) is 20.0. The molecule has 0 aromatic heterocycles. The number of carbonyl (C=O) groups is 1. The Morgan fingerprint density at radius 1 is 1.26 bits per heavy atom. The van der Waals surface area contributed by atoms with Crippen molar-refractivity contribution in [3.63, 3.8) is 0 Å². The SMILES string of the molecule is CNS(=O)(=O)c1cc(/C=C/C(=O)N(C)Cc2ccccc2Br)ccc1OC. The molecular formula is C19H21BrN2O4S. The Labute approximate surface area is 168 Å². The number of nitrogens with one attached hydrogen (secondary N) is 1. The average Bonchev–Trinajstić information content (AvgIpc) is 2.67. The summed E-state index contributed by atoms with van der Waals surface area (Å²) >= 11 is 3.47. The predicted octanol–water partition coefficient (Wildman–Crippen LogP) is 3.04. The third kappa shape index (κ3) is 5.41. The lowest BCUT2D eigenvalue weighted by molar-refractivity contribution is -0.125. The monoisotopic (exact) mass is 452 g/mol. The number of sulfonamides is 1. The number of carbonyl (C=O) groups excluding carboxylic acids is 1. The molecule has 6 nitrogen and oxygen atoms in total. The van der Waals surface area contributed by atoms with Crippen LogP contribution in [-0.4, -0.2) is 40.4 Å². The normalized spacial score (nSPS) is 11.6. The Bertz CT molecular complexity index is 958. The van der Waals surface area contributed by atoms with E-state index in [0.29, 0.717) is 12.1 Å². The van der Waals surface area contributed by atoms with Gasteiger partial charge in [0.2, 0.25) is 15.9 Å². The summed E-state index contributed by atoms with van der Waals surface area (Å²) in [5.41, 5.74) is 1.57. The molecule has 0 aliphatic carbocycles. The van der Waals surface area contributed by atoms with E-state index < -0.39 is 10.0 Å². The van der Waals surface area contributed by atoms with Crippen molar-refractivity contribution >= 4 is 37.9 Å². The first-order valence-corrected chi connectivity index (χ1v) is 10.3. The predicted molar refractivity (Wildman–Crippen MR) is 109 cm³/mol. The molecule has 0 aliphatic rings. The molecule has 0 aliphatic heterocycles. The van der Waals surface area contributed by atoms with Crippen LogP contribution < -0.4 is 9.46 Å². The van der Waals surface area contributed by atoms with Crippen molar-refractivity contribution in [2.24, 2.45) is 0 Å². The lowest BCUT2D eigenvalue weighted by Crippen LogP contribution is -2.24. The van der Waals surface area contributed by atoms with Gasteiger partial charge in [-0.15, -0.1) is 0 Å². The van der Waals surface area contributed by atoms with Crippen molar-refractivity contribution in [3.05, 3.63) is 64.1 Å². The van der Waals surface area contributed by atoms with Crippen LogP contribution in [0, 0.1) is 0 Å². The molecular weight excluding hydrogens is 432 g/mol. The summed E-state index contributed by atoms with van der Waals surface area (Å²) in [5.74, 6) is 0.0402. The van der Waals surface area contributed by atoms with Gasteiger partial charge in [-0.3, -0.25) is 4.79 Å². The standard InChI is InChI=1S/C19H21BrN2O4S/c1-21-27(24,25)18-12-14(8-10-17(18)26-3)9-11-19(23)22(2)13-15-6-4-5-7-16(15)20/h4-12,21H,13H2,1-3H3/b11-9+. The number of ether oxygens (including phenoxy) is 1. The molecule has 8 heteroatoms.